The number of aryl methyl sites for hydroxylation is 1. The lowest BCUT2D eigenvalue weighted by Gasteiger charge is -2.22. The van der Waals surface area contributed by atoms with E-state index in [0.29, 0.717) is 13.1 Å². The highest BCUT2D eigenvalue weighted by Gasteiger charge is 2.16. The Hall–Kier alpha value is -1.55. The van der Waals surface area contributed by atoms with Gasteiger partial charge in [-0.05, 0) is 36.6 Å². The molecule has 0 bridgehead atoms. The van der Waals surface area contributed by atoms with Crippen molar-refractivity contribution in [2.75, 3.05) is 18.4 Å². The van der Waals surface area contributed by atoms with Gasteiger partial charge in [-0.25, -0.2) is 4.79 Å². The second kappa shape index (κ2) is 5.68. The lowest BCUT2D eigenvalue weighted by Crippen LogP contribution is -2.40. The number of hydrogen-bond donors (Lipinski definition) is 3. The molecular weight excluding hydrogens is 214 g/mol. The van der Waals surface area contributed by atoms with Crippen molar-refractivity contribution in [3.63, 3.8) is 0 Å². The Labute approximate surface area is 103 Å². The molecular formula is C13H21N3O. The minimum atomic E-state index is -0.197. The zero-order chi connectivity index (χ0) is 12.9. The molecule has 4 nitrogen and oxygen atoms in total. The SMILES string of the molecule is Cc1cccc(NC(=O)NCC(C)(C)CN)c1. The summed E-state index contributed by atoms with van der Waals surface area (Å²) < 4.78 is 0. The molecule has 0 aliphatic carbocycles. The summed E-state index contributed by atoms with van der Waals surface area (Å²) in [6.45, 7) is 7.11. The predicted octanol–water partition coefficient (Wildman–Crippen LogP) is 2.10. The average molecular weight is 235 g/mol. The fraction of sp³-hybridized carbons (Fsp3) is 0.462. The minimum Gasteiger partial charge on any atom is -0.337 e. The van der Waals surface area contributed by atoms with Crippen LogP contribution in [0.25, 0.3) is 0 Å². The van der Waals surface area contributed by atoms with Crippen molar-refractivity contribution in [1.29, 1.82) is 0 Å². The smallest absolute Gasteiger partial charge is 0.319 e. The van der Waals surface area contributed by atoms with E-state index in [1.54, 1.807) is 0 Å². The number of nitrogens with one attached hydrogen (secondary N) is 2. The number of amides is 2. The fourth-order valence-corrected chi connectivity index (χ4v) is 1.29. The monoisotopic (exact) mass is 235 g/mol. The molecule has 0 aliphatic heterocycles. The summed E-state index contributed by atoms with van der Waals surface area (Å²) in [6, 6.07) is 7.49. The van der Waals surface area contributed by atoms with Crippen molar-refractivity contribution in [1.82, 2.24) is 5.32 Å². The number of urea groups is 1. The summed E-state index contributed by atoms with van der Waals surface area (Å²) in [5, 5.41) is 5.60. The maximum Gasteiger partial charge on any atom is 0.319 e. The van der Waals surface area contributed by atoms with Gasteiger partial charge in [-0.1, -0.05) is 26.0 Å². The van der Waals surface area contributed by atoms with Gasteiger partial charge in [0.05, 0.1) is 0 Å². The van der Waals surface area contributed by atoms with Gasteiger partial charge in [0.1, 0.15) is 0 Å². The number of benzene rings is 1. The minimum absolute atomic E-state index is 0.0794. The molecule has 0 aromatic heterocycles. The molecule has 94 valence electrons. The molecule has 1 aromatic rings. The Morgan fingerprint density at radius 3 is 2.71 bits per heavy atom. The highest BCUT2D eigenvalue weighted by Crippen LogP contribution is 2.11. The maximum absolute atomic E-state index is 11.6. The molecule has 0 saturated carbocycles. The van der Waals surface area contributed by atoms with Gasteiger partial charge in [0, 0.05) is 12.2 Å². The standard InChI is InChI=1S/C13H21N3O/c1-10-5-4-6-11(7-10)16-12(17)15-9-13(2,3)8-14/h4-7H,8-9,14H2,1-3H3,(H2,15,16,17). The Morgan fingerprint density at radius 2 is 2.12 bits per heavy atom. The largest absolute Gasteiger partial charge is 0.337 e. The summed E-state index contributed by atoms with van der Waals surface area (Å²) in [4.78, 5) is 11.6. The van der Waals surface area contributed by atoms with Crippen molar-refractivity contribution < 1.29 is 4.79 Å². The van der Waals surface area contributed by atoms with Crippen LogP contribution in [0.1, 0.15) is 19.4 Å². The van der Waals surface area contributed by atoms with Crippen molar-refractivity contribution >= 4 is 11.7 Å². The van der Waals surface area contributed by atoms with Crippen LogP contribution in [-0.2, 0) is 0 Å². The first-order valence-electron chi connectivity index (χ1n) is 5.74. The van der Waals surface area contributed by atoms with E-state index in [2.05, 4.69) is 10.6 Å². The molecule has 4 N–H and O–H groups in total. The fourth-order valence-electron chi connectivity index (χ4n) is 1.29. The summed E-state index contributed by atoms with van der Waals surface area (Å²) in [5.74, 6) is 0. The Morgan fingerprint density at radius 1 is 1.41 bits per heavy atom. The highest BCUT2D eigenvalue weighted by molar-refractivity contribution is 5.89. The average Bonchev–Trinajstić information content (AvgIpc) is 2.27. The first kappa shape index (κ1) is 13.5. The lowest BCUT2D eigenvalue weighted by atomic mass is 9.94. The third kappa shape index (κ3) is 4.87. The molecule has 2 amide bonds. The number of hydrogen-bond acceptors (Lipinski definition) is 2. The number of carbonyl (C=O) groups is 1. The number of rotatable bonds is 4. The van der Waals surface area contributed by atoms with E-state index in [1.807, 2.05) is 45.0 Å². The van der Waals surface area contributed by atoms with Gasteiger partial charge in [0.15, 0.2) is 0 Å². The van der Waals surface area contributed by atoms with Gasteiger partial charge in [-0.3, -0.25) is 0 Å². The maximum atomic E-state index is 11.6. The van der Waals surface area contributed by atoms with Gasteiger partial charge in [-0.15, -0.1) is 0 Å². The van der Waals surface area contributed by atoms with Crippen LogP contribution in [0.3, 0.4) is 0 Å². The second-order valence-electron chi connectivity index (χ2n) is 5.05. The van der Waals surface area contributed by atoms with Crippen molar-refractivity contribution in [2.24, 2.45) is 11.1 Å². The molecule has 1 rings (SSSR count). The van der Waals surface area contributed by atoms with E-state index < -0.39 is 0 Å². The van der Waals surface area contributed by atoms with Crippen LogP contribution in [-0.4, -0.2) is 19.1 Å². The first-order valence-corrected chi connectivity index (χ1v) is 5.74. The van der Waals surface area contributed by atoms with E-state index in [1.165, 1.54) is 0 Å². The van der Waals surface area contributed by atoms with Crippen LogP contribution in [0.2, 0.25) is 0 Å². The van der Waals surface area contributed by atoms with E-state index in [0.717, 1.165) is 11.3 Å². The summed E-state index contributed by atoms with van der Waals surface area (Å²) in [7, 11) is 0. The molecule has 17 heavy (non-hydrogen) atoms. The van der Waals surface area contributed by atoms with Crippen molar-refractivity contribution in [3.8, 4) is 0 Å². The van der Waals surface area contributed by atoms with Crippen molar-refractivity contribution in [3.05, 3.63) is 29.8 Å². The van der Waals surface area contributed by atoms with Crippen LogP contribution < -0.4 is 16.4 Å². The zero-order valence-corrected chi connectivity index (χ0v) is 10.7. The van der Waals surface area contributed by atoms with Gasteiger partial charge >= 0.3 is 6.03 Å². The zero-order valence-electron chi connectivity index (χ0n) is 10.7. The van der Waals surface area contributed by atoms with Crippen LogP contribution in [0.15, 0.2) is 24.3 Å². The van der Waals surface area contributed by atoms with E-state index >= 15 is 0 Å². The number of carbonyl (C=O) groups excluding carboxylic acids is 1. The summed E-state index contributed by atoms with van der Waals surface area (Å²) in [5.41, 5.74) is 7.43. The summed E-state index contributed by atoms with van der Waals surface area (Å²) >= 11 is 0. The van der Waals surface area contributed by atoms with Gasteiger partial charge in [0.25, 0.3) is 0 Å². The molecule has 0 fully saturated rings. The van der Waals surface area contributed by atoms with Crippen LogP contribution in [0.5, 0.6) is 0 Å². The van der Waals surface area contributed by atoms with Crippen molar-refractivity contribution in [2.45, 2.75) is 20.8 Å². The van der Waals surface area contributed by atoms with Crippen LogP contribution in [0, 0.1) is 12.3 Å². The molecule has 0 atom stereocenters. The van der Waals surface area contributed by atoms with E-state index in [-0.39, 0.29) is 11.4 Å². The molecule has 0 unspecified atom stereocenters. The molecule has 0 saturated heterocycles. The van der Waals surface area contributed by atoms with Gasteiger partial charge < -0.3 is 16.4 Å². The molecule has 0 radical (unpaired) electrons. The summed E-state index contributed by atoms with van der Waals surface area (Å²) in [6.07, 6.45) is 0. The Bertz CT molecular complexity index is 388. The van der Waals surface area contributed by atoms with Crippen LogP contribution >= 0.6 is 0 Å². The predicted molar refractivity (Wildman–Crippen MR) is 71.0 cm³/mol. The van der Waals surface area contributed by atoms with Crippen LogP contribution in [0.4, 0.5) is 10.5 Å². The van der Waals surface area contributed by atoms with E-state index in [4.69, 9.17) is 5.73 Å². The van der Waals surface area contributed by atoms with Gasteiger partial charge in [-0.2, -0.15) is 0 Å². The third-order valence-corrected chi connectivity index (χ3v) is 2.56. The number of nitrogens with two attached hydrogens (primary N) is 1. The van der Waals surface area contributed by atoms with Gasteiger partial charge in [0.2, 0.25) is 0 Å². The highest BCUT2D eigenvalue weighted by atomic mass is 16.2. The molecule has 1 aromatic carbocycles. The Kier molecular flexibility index (Phi) is 4.52. The molecule has 0 spiro atoms. The topological polar surface area (TPSA) is 67.2 Å². The molecule has 0 heterocycles. The van der Waals surface area contributed by atoms with E-state index in [9.17, 15) is 4.79 Å². The second-order valence-corrected chi connectivity index (χ2v) is 5.05. The lowest BCUT2D eigenvalue weighted by molar-refractivity contribution is 0.245. The number of anilines is 1. The first-order chi connectivity index (χ1) is 7.93. The normalized spacial score (nSPS) is 11.1. The molecule has 4 heteroatoms. The Balaban J connectivity index is 2.45. The molecule has 0 aliphatic rings. The quantitative estimate of drug-likeness (QED) is 0.748. The third-order valence-electron chi connectivity index (χ3n) is 2.56.